The van der Waals surface area contributed by atoms with Crippen LogP contribution in [-0.2, 0) is 4.79 Å². The van der Waals surface area contributed by atoms with Crippen molar-refractivity contribution in [3.63, 3.8) is 0 Å². The summed E-state index contributed by atoms with van der Waals surface area (Å²) in [6.45, 7) is 12.6. The molecule has 1 amide bonds. The second-order valence-electron chi connectivity index (χ2n) is 5.59. The monoisotopic (exact) mass is 256 g/mol. The summed E-state index contributed by atoms with van der Waals surface area (Å²) in [4.78, 5) is 14.0. The quantitative estimate of drug-likeness (QED) is 0.609. The number of rotatable bonds is 10. The summed E-state index contributed by atoms with van der Waals surface area (Å²) in [5.74, 6) is 0.192. The molecule has 0 radical (unpaired) electrons. The zero-order chi connectivity index (χ0) is 14.0. The highest BCUT2D eigenvalue weighted by molar-refractivity contribution is 5.76. The third-order valence-corrected chi connectivity index (χ3v) is 3.28. The van der Waals surface area contributed by atoms with Crippen LogP contribution in [0.2, 0.25) is 0 Å². The maximum absolute atomic E-state index is 11.7. The number of hydrogen-bond donors (Lipinski definition) is 1. The SMILES string of the molecule is CCCCCCNC(=O)CCN(C(C)C)C(C)C. The topological polar surface area (TPSA) is 32.3 Å². The van der Waals surface area contributed by atoms with Gasteiger partial charge in [0.05, 0.1) is 0 Å². The van der Waals surface area contributed by atoms with Gasteiger partial charge in [-0.3, -0.25) is 9.69 Å². The Kier molecular flexibility index (Phi) is 10.0. The van der Waals surface area contributed by atoms with Gasteiger partial charge in [-0.1, -0.05) is 26.2 Å². The lowest BCUT2D eigenvalue weighted by atomic mass is 10.2. The van der Waals surface area contributed by atoms with E-state index in [9.17, 15) is 4.79 Å². The highest BCUT2D eigenvalue weighted by atomic mass is 16.1. The summed E-state index contributed by atoms with van der Waals surface area (Å²) in [5.41, 5.74) is 0. The molecule has 0 bridgehead atoms. The fourth-order valence-electron chi connectivity index (χ4n) is 2.21. The molecular weight excluding hydrogens is 224 g/mol. The van der Waals surface area contributed by atoms with E-state index in [-0.39, 0.29) is 5.91 Å². The molecule has 0 fully saturated rings. The van der Waals surface area contributed by atoms with Crippen molar-refractivity contribution in [2.75, 3.05) is 13.1 Å². The Morgan fingerprint density at radius 3 is 2.17 bits per heavy atom. The molecule has 0 aliphatic carbocycles. The number of nitrogens with zero attached hydrogens (tertiary/aromatic N) is 1. The van der Waals surface area contributed by atoms with Crippen molar-refractivity contribution in [2.45, 2.75) is 78.8 Å². The summed E-state index contributed by atoms with van der Waals surface area (Å²) in [5, 5.41) is 3.01. The predicted molar refractivity (Wildman–Crippen MR) is 78.7 cm³/mol. The second-order valence-corrected chi connectivity index (χ2v) is 5.59. The first-order valence-corrected chi connectivity index (χ1v) is 7.51. The first-order chi connectivity index (χ1) is 8.49. The van der Waals surface area contributed by atoms with E-state index in [1.807, 2.05) is 0 Å². The maximum atomic E-state index is 11.7. The van der Waals surface area contributed by atoms with Crippen molar-refractivity contribution in [3.05, 3.63) is 0 Å². The molecule has 0 aromatic heterocycles. The molecule has 0 aromatic carbocycles. The smallest absolute Gasteiger partial charge is 0.221 e. The molecule has 0 saturated heterocycles. The Bertz CT molecular complexity index is 207. The Morgan fingerprint density at radius 2 is 1.67 bits per heavy atom. The van der Waals surface area contributed by atoms with E-state index in [1.165, 1.54) is 19.3 Å². The molecule has 0 unspecified atom stereocenters. The molecule has 1 N–H and O–H groups in total. The fraction of sp³-hybridized carbons (Fsp3) is 0.933. The van der Waals surface area contributed by atoms with E-state index >= 15 is 0 Å². The molecule has 0 spiro atoms. The van der Waals surface area contributed by atoms with Gasteiger partial charge in [-0.25, -0.2) is 0 Å². The number of nitrogens with one attached hydrogen (secondary N) is 1. The van der Waals surface area contributed by atoms with Crippen LogP contribution >= 0.6 is 0 Å². The number of carbonyl (C=O) groups excluding carboxylic acids is 1. The first-order valence-electron chi connectivity index (χ1n) is 7.51. The van der Waals surface area contributed by atoms with Crippen LogP contribution in [0.1, 0.15) is 66.7 Å². The minimum Gasteiger partial charge on any atom is -0.356 e. The summed E-state index contributed by atoms with van der Waals surface area (Å²) < 4.78 is 0. The van der Waals surface area contributed by atoms with Gasteiger partial charge < -0.3 is 5.32 Å². The van der Waals surface area contributed by atoms with Crippen molar-refractivity contribution >= 4 is 5.91 Å². The number of unbranched alkanes of at least 4 members (excludes halogenated alkanes) is 3. The van der Waals surface area contributed by atoms with Gasteiger partial charge in [0.15, 0.2) is 0 Å². The molecule has 0 aliphatic heterocycles. The van der Waals surface area contributed by atoms with Crippen molar-refractivity contribution in [1.29, 1.82) is 0 Å². The molecule has 0 saturated carbocycles. The minimum absolute atomic E-state index is 0.192. The van der Waals surface area contributed by atoms with Gasteiger partial charge in [-0.15, -0.1) is 0 Å². The van der Waals surface area contributed by atoms with Gasteiger partial charge in [0.25, 0.3) is 0 Å². The van der Waals surface area contributed by atoms with E-state index in [4.69, 9.17) is 0 Å². The maximum Gasteiger partial charge on any atom is 0.221 e. The summed E-state index contributed by atoms with van der Waals surface area (Å²) in [6.07, 6.45) is 5.46. The third kappa shape index (κ3) is 8.51. The van der Waals surface area contributed by atoms with Crippen molar-refractivity contribution in [3.8, 4) is 0 Å². The molecule has 0 rings (SSSR count). The summed E-state index contributed by atoms with van der Waals surface area (Å²) in [6, 6.07) is 1.00. The number of hydrogen-bond acceptors (Lipinski definition) is 2. The van der Waals surface area contributed by atoms with Gasteiger partial charge in [-0.2, -0.15) is 0 Å². The Balaban J connectivity index is 3.68. The Morgan fingerprint density at radius 1 is 1.06 bits per heavy atom. The molecular formula is C15H32N2O. The van der Waals surface area contributed by atoms with Crippen LogP contribution < -0.4 is 5.32 Å². The van der Waals surface area contributed by atoms with Gasteiger partial charge in [0.1, 0.15) is 0 Å². The van der Waals surface area contributed by atoms with Crippen LogP contribution in [0.4, 0.5) is 0 Å². The van der Waals surface area contributed by atoms with Crippen LogP contribution in [0.3, 0.4) is 0 Å². The van der Waals surface area contributed by atoms with Crippen LogP contribution in [0.5, 0.6) is 0 Å². The highest BCUT2D eigenvalue weighted by Crippen LogP contribution is 2.05. The Labute approximate surface area is 113 Å². The standard InChI is InChI=1S/C15H32N2O/c1-6-7-8-9-11-16-15(18)10-12-17(13(2)3)14(4)5/h13-14H,6-12H2,1-5H3,(H,16,18). The van der Waals surface area contributed by atoms with E-state index < -0.39 is 0 Å². The summed E-state index contributed by atoms with van der Waals surface area (Å²) in [7, 11) is 0. The van der Waals surface area contributed by atoms with Crippen LogP contribution in [0, 0.1) is 0 Å². The fourth-order valence-corrected chi connectivity index (χ4v) is 2.21. The second kappa shape index (κ2) is 10.4. The van der Waals surface area contributed by atoms with Crippen LogP contribution in [0.25, 0.3) is 0 Å². The Hall–Kier alpha value is -0.570. The summed E-state index contributed by atoms with van der Waals surface area (Å²) >= 11 is 0. The lowest BCUT2D eigenvalue weighted by Crippen LogP contribution is -2.39. The zero-order valence-corrected chi connectivity index (χ0v) is 13.0. The molecule has 0 atom stereocenters. The van der Waals surface area contributed by atoms with Gasteiger partial charge in [0.2, 0.25) is 5.91 Å². The predicted octanol–water partition coefficient (Wildman–Crippen LogP) is 3.19. The van der Waals surface area contributed by atoms with Crippen molar-refractivity contribution in [1.82, 2.24) is 10.2 Å². The lowest BCUT2D eigenvalue weighted by Gasteiger charge is -2.30. The van der Waals surface area contributed by atoms with Crippen molar-refractivity contribution in [2.24, 2.45) is 0 Å². The largest absolute Gasteiger partial charge is 0.356 e. The van der Waals surface area contributed by atoms with Crippen LogP contribution in [-0.4, -0.2) is 36.0 Å². The molecule has 0 heterocycles. The van der Waals surface area contributed by atoms with E-state index in [0.717, 1.165) is 19.5 Å². The normalized spacial score (nSPS) is 11.6. The first kappa shape index (κ1) is 17.4. The third-order valence-electron chi connectivity index (χ3n) is 3.28. The number of carbonyl (C=O) groups is 1. The van der Waals surface area contributed by atoms with Gasteiger partial charge in [0, 0.05) is 31.6 Å². The van der Waals surface area contributed by atoms with E-state index in [1.54, 1.807) is 0 Å². The van der Waals surface area contributed by atoms with E-state index in [0.29, 0.717) is 18.5 Å². The molecule has 0 aromatic rings. The lowest BCUT2D eigenvalue weighted by molar-refractivity contribution is -0.121. The molecule has 0 aliphatic rings. The average Bonchev–Trinajstić information content (AvgIpc) is 2.28. The average molecular weight is 256 g/mol. The molecule has 108 valence electrons. The van der Waals surface area contributed by atoms with Gasteiger partial charge >= 0.3 is 0 Å². The molecule has 3 nitrogen and oxygen atoms in total. The van der Waals surface area contributed by atoms with Gasteiger partial charge in [-0.05, 0) is 34.1 Å². The molecule has 3 heteroatoms. The van der Waals surface area contributed by atoms with Crippen LogP contribution in [0.15, 0.2) is 0 Å². The molecule has 18 heavy (non-hydrogen) atoms. The minimum atomic E-state index is 0.192. The van der Waals surface area contributed by atoms with Crippen molar-refractivity contribution < 1.29 is 4.79 Å². The number of amides is 1. The highest BCUT2D eigenvalue weighted by Gasteiger charge is 2.14. The zero-order valence-electron chi connectivity index (χ0n) is 13.0. The van der Waals surface area contributed by atoms with E-state index in [2.05, 4.69) is 44.8 Å².